The van der Waals surface area contributed by atoms with Crippen LogP contribution in [0.5, 0.6) is 11.5 Å². The molecule has 2 rings (SSSR count). The van der Waals surface area contributed by atoms with Crippen molar-refractivity contribution in [2.24, 2.45) is 0 Å². The summed E-state index contributed by atoms with van der Waals surface area (Å²) in [6.07, 6.45) is 0.404. The Morgan fingerprint density at radius 3 is 2.50 bits per heavy atom. The van der Waals surface area contributed by atoms with Crippen LogP contribution in [0.25, 0.3) is 0 Å². The van der Waals surface area contributed by atoms with Crippen LogP contribution in [0.2, 0.25) is 0 Å². The number of sulfonamides is 1. The lowest BCUT2D eigenvalue weighted by molar-refractivity contribution is 0.414. The normalized spacial score (nSPS) is 11.0. The highest BCUT2D eigenvalue weighted by atomic mass is 32.2. The number of rotatable bonds is 7. The van der Waals surface area contributed by atoms with E-state index in [0.717, 1.165) is 5.56 Å². The molecular weight excluding hydrogens is 302 g/mol. The number of para-hydroxylation sites is 2. The molecule has 118 valence electrons. The molecule has 5 nitrogen and oxygen atoms in total. The summed E-state index contributed by atoms with van der Waals surface area (Å²) >= 11 is 0. The minimum Gasteiger partial charge on any atom is -0.497 e. The van der Waals surface area contributed by atoms with Crippen LogP contribution < -0.4 is 14.2 Å². The van der Waals surface area contributed by atoms with Crippen LogP contribution in [-0.4, -0.2) is 28.4 Å². The molecule has 0 aliphatic carbocycles. The molecule has 6 heteroatoms. The van der Waals surface area contributed by atoms with Gasteiger partial charge in [0.2, 0.25) is 10.0 Å². The van der Waals surface area contributed by atoms with Gasteiger partial charge in [-0.25, -0.2) is 8.42 Å². The van der Waals surface area contributed by atoms with Crippen molar-refractivity contribution in [1.82, 2.24) is 0 Å². The summed E-state index contributed by atoms with van der Waals surface area (Å²) in [7, 11) is -0.370. The number of hydrogen-bond donors (Lipinski definition) is 1. The number of anilines is 1. The summed E-state index contributed by atoms with van der Waals surface area (Å²) in [5.74, 6) is 1.19. The maximum Gasteiger partial charge on any atom is 0.233 e. The SMILES string of the molecule is COc1cccc(CCS(=O)(=O)Nc2ccccc2OC)c1. The van der Waals surface area contributed by atoms with Crippen molar-refractivity contribution in [3.05, 3.63) is 54.1 Å². The molecule has 0 radical (unpaired) electrons. The van der Waals surface area contributed by atoms with Crippen LogP contribution >= 0.6 is 0 Å². The molecule has 0 fully saturated rings. The van der Waals surface area contributed by atoms with E-state index in [1.165, 1.54) is 7.11 Å². The molecule has 0 saturated heterocycles. The fraction of sp³-hybridized carbons (Fsp3) is 0.250. The Morgan fingerprint density at radius 1 is 1.00 bits per heavy atom. The van der Waals surface area contributed by atoms with Crippen LogP contribution in [-0.2, 0) is 16.4 Å². The third-order valence-electron chi connectivity index (χ3n) is 3.17. The largest absolute Gasteiger partial charge is 0.497 e. The van der Waals surface area contributed by atoms with Crippen LogP contribution in [0.1, 0.15) is 5.56 Å². The zero-order valence-electron chi connectivity index (χ0n) is 12.6. The van der Waals surface area contributed by atoms with Crippen LogP contribution in [0.4, 0.5) is 5.69 Å². The van der Waals surface area contributed by atoms with Gasteiger partial charge in [-0.15, -0.1) is 0 Å². The first-order valence-corrected chi connectivity index (χ1v) is 8.46. The van der Waals surface area contributed by atoms with Crippen molar-refractivity contribution >= 4 is 15.7 Å². The zero-order chi connectivity index (χ0) is 16.0. The molecule has 0 atom stereocenters. The first kappa shape index (κ1) is 16.2. The fourth-order valence-electron chi connectivity index (χ4n) is 2.03. The van der Waals surface area contributed by atoms with Crippen molar-refractivity contribution in [3.63, 3.8) is 0 Å². The molecule has 0 saturated carbocycles. The fourth-order valence-corrected chi connectivity index (χ4v) is 3.14. The molecule has 22 heavy (non-hydrogen) atoms. The summed E-state index contributed by atoms with van der Waals surface area (Å²) in [5, 5.41) is 0. The topological polar surface area (TPSA) is 64.6 Å². The third-order valence-corrected chi connectivity index (χ3v) is 4.44. The zero-order valence-corrected chi connectivity index (χ0v) is 13.4. The average Bonchev–Trinajstić information content (AvgIpc) is 2.53. The molecule has 0 aromatic heterocycles. The van der Waals surface area contributed by atoms with E-state index in [1.807, 2.05) is 24.3 Å². The van der Waals surface area contributed by atoms with Gasteiger partial charge in [0.05, 0.1) is 25.7 Å². The lowest BCUT2D eigenvalue weighted by atomic mass is 10.2. The van der Waals surface area contributed by atoms with E-state index >= 15 is 0 Å². The van der Waals surface area contributed by atoms with Gasteiger partial charge in [0.25, 0.3) is 0 Å². The van der Waals surface area contributed by atoms with E-state index in [1.54, 1.807) is 31.4 Å². The Balaban J connectivity index is 2.05. The summed E-state index contributed by atoms with van der Waals surface area (Å²) in [6.45, 7) is 0. The lowest BCUT2D eigenvalue weighted by Crippen LogP contribution is -2.18. The molecule has 0 amide bonds. The Labute approximate surface area is 130 Å². The number of ether oxygens (including phenoxy) is 2. The first-order valence-electron chi connectivity index (χ1n) is 6.80. The number of benzene rings is 2. The predicted molar refractivity (Wildman–Crippen MR) is 87.1 cm³/mol. The Bertz CT molecular complexity index is 728. The van der Waals surface area contributed by atoms with Crippen LogP contribution in [0.15, 0.2) is 48.5 Å². The summed E-state index contributed by atoms with van der Waals surface area (Å²) in [5.41, 5.74) is 1.35. The van der Waals surface area contributed by atoms with E-state index in [2.05, 4.69) is 4.72 Å². The molecule has 0 spiro atoms. The predicted octanol–water partition coefficient (Wildman–Crippen LogP) is 2.69. The second kappa shape index (κ2) is 7.17. The van der Waals surface area contributed by atoms with Gasteiger partial charge in [-0.2, -0.15) is 0 Å². The summed E-state index contributed by atoms with van der Waals surface area (Å²) in [4.78, 5) is 0. The monoisotopic (exact) mass is 321 g/mol. The molecule has 2 aromatic carbocycles. The minimum atomic E-state index is -3.46. The smallest absolute Gasteiger partial charge is 0.233 e. The summed E-state index contributed by atoms with van der Waals surface area (Å²) in [6, 6.07) is 14.3. The van der Waals surface area contributed by atoms with E-state index < -0.39 is 10.0 Å². The number of methoxy groups -OCH3 is 2. The van der Waals surface area contributed by atoms with Crippen LogP contribution in [0, 0.1) is 0 Å². The Hall–Kier alpha value is -2.21. The summed E-state index contributed by atoms with van der Waals surface area (Å²) < 4.78 is 37.2. The van der Waals surface area contributed by atoms with Gasteiger partial charge < -0.3 is 9.47 Å². The highest BCUT2D eigenvalue weighted by Gasteiger charge is 2.13. The molecular formula is C16H19NO4S. The maximum absolute atomic E-state index is 12.2. The van der Waals surface area contributed by atoms with Gasteiger partial charge in [0.15, 0.2) is 0 Å². The van der Waals surface area contributed by atoms with Crippen molar-refractivity contribution in [3.8, 4) is 11.5 Å². The maximum atomic E-state index is 12.2. The van der Waals surface area contributed by atoms with E-state index in [9.17, 15) is 8.42 Å². The lowest BCUT2D eigenvalue weighted by Gasteiger charge is -2.11. The highest BCUT2D eigenvalue weighted by Crippen LogP contribution is 2.24. The third kappa shape index (κ3) is 4.39. The quantitative estimate of drug-likeness (QED) is 0.851. The second-order valence-corrected chi connectivity index (χ2v) is 6.56. The Morgan fingerprint density at radius 2 is 1.77 bits per heavy atom. The van der Waals surface area contributed by atoms with Gasteiger partial charge in [0, 0.05) is 0 Å². The highest BCUT2D eigenvalue weighted by molar-refractivity contribution is 7.92. The van der Waals surface area contributed by atoms with Gasteiger partial charge in [-0.05, 0) is 36.2 Å². The van der Waals surface area contributed by atoms with Crippen molar-refractivity contribution in [1.29, 1.82) is 0 Å². The number of hydrogen-bond acceptors (Lipinski definition) is 4. The van der Waals surface area contributed by atoms with Gasteiger partial charge >= 0.3 is 0 Å². The first-order chi connectivity index (χ1) is 10.5. The van der Waals surface area contributed by atoms with Crippen molar-refractivity contribution in [2.75, 3.05) is 24.7 Å². The number of nitrogens with one attached hydrogen (secondary N) is 1. The minimum absolute atomic E-state index is 0.0157. The van der Waals surface area contributed by atoms with Gasteiger partial charge in [-0.1, -0.05) is 24.3 Å². The molecule has 2 aromatic rings. The van der Waals surface area contributed by atoms with E-state index in [0.29, 0.717) is 23.6 Å². The molecule has 0 heterocycles. The molecule has 0 aliphatic rings. The second-order valence-electron chi connectivity index (χ2n) is 4.72. The van der Waals surface area contributed by atoms with E-state index in [-0.39, 0.29) is 5.75 Å². The molecule has 1 N–H and O–H groups in total. The van der Waals surface area contributed by atoms with Crippen molar-refractivity contribution < 1.29 is 17.9 Å². The van der Waals surface area contributed by atoms with Gasteiger partial charge in [0.1, 0.15) is 11.5 Å². The van der Waals surface area contributed by atoms with Gasteiger partial charge in [-0.3, -0.25) is 4.72 Å². The van der Waals surface area contributed by atoms with Crippen LogP contribution in [0.3, 0.4) is 0 Å². The Kier molecular flexibility index (Phi) is 5.27. The standard InChI is InChI=1S/C16H19NO4S/c1-20-14-7-5-6-13(12-14)10-11-22(18,19)17-15-8-3-4-9-16(15)21-2/h3-9,12,17H,10-11H2,1-2H3. The molecule has 0 unspecified atom stereocenters. The average molecular weight is 321 g/mol. The van der Waals surface area contributed by atoms with Crippen molar-refractivity contribution in [2.45, 2.75) is 6.42 Å². The number of aryl methyl sites for hydroxylation is 1. The molecule has 0 aliphatic heterocycles. The molecule has 0 bridgehead atoms. The van der Waals surface area contributed by atoms with E-state index in [4.69, 9.17) is 9.47 Å².